The van der Waals surface area contributed by atoms with Crippen LogP contribution in [0.25, 0.3) is 0 Å². The fourth-order valence-corrected chi connectivity index (χ4v) is 0.159. The van der Waals surface area contributed by atoms with E-state index >= 15 is 0 Å². The molecule has 0 heterocycles. The van der Waals surface area contributed by atoms with Crippen molar-refractivity contribution in [3.05, 3.63) is 4.91 Å². The van der Waals surface area contributed by atoms with Crippen LogP contribution >= 0.6 is 0 Å². The molecule has 0 fully saturated rings. The molecule has 0 rings (SSSR count). The van der Waals surface area contributed by atoms with Gasteiger partial charge in [-0.15, -0.1) is 0 Å². The first-order valence-electron chi connectivity index (χ1n) is 1.94. The van der Waals surface area contributed by atoms with Gasteiger partial charge in [0.25, 0.3) is 0 Å². The molecular formula is C2H8AgN3O3+. The Morgan fingerprint density at radius 2 is 1.56 bits per heavy atom. The molecule has 0 saturated carbocycles. The van der Waals surface area contributed by atoms with Crippen LogP contribution in [-0.2, 0) is 32.1 Å². The third-order valence-corrected chi connectivity index (χ3v) is 0.360. The maximum absolute atomic E-state index is 9.96. The molecule has 0 saturated heterocycles. The largest absolute Gasteiger partial charge is 0.480 e. The van der Waals surface area contributed by atoms with Crippen LogP contribution in [0.3, 0.4) is 0 Å². The number of rotatable bonds is 4. The minimum atomic E-state index is -0.219. The van der Waals surface area contributed by atoms with Crippen molar-refractivity contribution >= 4 is 0 Å². The van der Waals surface area contributed by atoms with E-state index in [0.717, 1.165) is 0 Å². The normalized spacial score (nSPS) is 7.33. The van der Waals surface area contributed by atoms with E-state index in [2.05, 4.69) is 9.68 Å². The Hall–Kier alpha value is -0.140. The Kier molecular flexibility index (Phi) is 10.2. The van der Waals surface area contributed by atoms with Gasteiger partial charge in [0.1, 0.15) is 4.91 Å². The average Bonchev–Trinajstić information content (AvgIpc) is 1.68. The van der Waals surface area contributed by atoms with Crippen LogP contribution < -0.4 is 11.5 Å². The van der Waals surface area contributed by atoms with E-state index in [0.29, 0.717) is 0 Å². The average molecular weight is 230 g/mol. The molecule has 0 amide bonds. The molecule has 0 aliphatic heterocycles. The Morgan fingerprint density at radius 3 is 1.78 bits per heavy atom. The molecule has 6 nitrogen and oxygen atoms in total. The van der Waals surface area contributed by atoms with Gasteiger partial charge in [-0.2, -0.15) is 9.68 Å². The summed E-state index contributed by atoms with van der Waals surface area (Å²) in [5, 5.41) is -0.139. The van der Waals surface area contributed by atoms with Crippen LogP contribution in [0.4, 0.5) is 0 Å². The maximum atomic E-state index is 9.96. The smallest absolute Gasteiger partial charge is 0.293 e. The minimum absolute atomic E-state index is 0. The second kappa shape index (κ2) is 7.86. The van der Waals surface area contributed by atoms with Crippen LogP contribution in [0.5, 0.6) is 0 Å². The van der Waals surface area contributed by atoms with Gasteiger partial charge in [-0.3, -0.25) is 11.5 Å². The van der Waals surface area contributed by atoms with Crippen LogP contribution in [0.15, 0.2) is 0 Å². The van der Waals surface area contributed by atoms with Gasteiger partial charge in [0.05, 0.1) is 0 Å². The Bertz CT molecular complexity index is 71.5. The summed E-state index contributed by atoms with van der Waals surface area (Å²) in [7, 11) is 0. The van der Waals surface area contributed by atoms with Crippen LogP contribution in [0.2, 0.25) is 0 Å². The first kappa shape index (κ1) is 11.6. The van der Waals surface area contributed by atoms with E-state index in [9.17, 15) is 4.91 Å². The molecule has 59 valence electrons. The Morgan fingerprint density at radius 1 is 1.22 bits per heavy atom. The second-order valence-corrected chi connectivity index (χ2v) is 0.815. The predicted molar refractivity (Wildman–Crippen MR) is 23.9 cm³/mol. The monoisotopic (exact) mass is 229 g/mol. The summed E-state index contributed by atoms with van der Waals surface area (Å²) in [6, 6.07) is 0. The van der Waals surface area contributed by atoms with Gasteiger partial charge in [0, 0.05) is 22.4 Å². The molecule has 0 aromatic heterocycles. The predicted octanol–water partition coefficient (Wildman–Crippen LogP) is -1.54. The standard InChI is InChI=1S/C2H8N3O3.Ag/c3-1-7-5(6)8-2-4;/h1-4H2;/q+1;. The number of nitrogens with two attached hydrogens (primary N) is 2. The molecule has 0 aromatic rings. The van der Waals surface area contributed by atoms with Gasteiger partial charge >= 0.3 is 5.09 Å². The van der Waals surface area contributed by atoms with Gasteiger partial charge in [-0.05, 0) is 0 Å². The molecule has 0 aliphatic rings. The summed E-state index contributed by atoms with van der Waals surface area (Å²) >= 11 is 0. The third kappa shape index (κ3) is 7.86. The van der Waals surface area contributed by atoms with Crippen LogP contribution in [0, 0.1) is 4.91 Å². The molecule has 0 spiro atoms. The van der Waals surface area contributed by atoms with E-state index in [1.54, 1.807) is 0 Å². The molecule has 0 unspecified atom stereocenters. The molecular weight excluding hydrogens is 222 g/mol. The molecule has 1 radical (unpaired) electrons. The van der Waals surface area contributed by atoms with Crippen molar-refractivity contribution in [2.24, 2.45) is 11.5 Å². The van der Waals surface area contributed by atoms with Crippen molar-refractivity contribution in [3.8, 4) is 0 Å². The summed E-state index contributed by atoms with van der Waals surface area (Å²) in [5.74, 6) is 0. The summed E-state index contributed by atoms with van der Waals surface area (Å²) < 4.78 is 0. The van der Waals surface area contributed by atoms with Crippen LogP contribution in [0.1, 0.15) is 0 Å². The van der Waals surface area contributed by atoms with Crippen molar-refractivity contribution in [1.29, 1.82) is 0 Å². The topological polar surface area (TPSA) is 90.6 Å². The summed E-state index contributed by atoms with van der Waals surface area (Å²) in [6.07, 6.45) is 0. The van der Waals surface area contributed by atoms with Gasteiger partial charge < -0.3 is 0 Å². The number of hydrogen-bond acceptors (Lipinski definition) is 5. The quantitative estimate of drug-likeness (QED) is 0.347. The first-order chi connectivity index (χ1) is 3.81. The van der Waals surface area contributed by atoms with Gasteiger partial charge in [-0.25, -0.2) is 0 Å². The van der Waals surface area contributed by atoms with Gasteiger partial charge in [0.15, 0.2) is 0 Å². The number of hydrogen-bond donors (Lipinski definition) is 2. The van der Waals surface area contributed by atoms with Crippen molar-refractivity contribution in [1.82, 2.24) is 0 Å². The van der Waals surface area contributed by atoms with Crippen molar-refractivity contribution in [2.75, 3.05) is 13.5 Å². The molecule has 7 heteroatoms. The molecule has 0 atom stereocenters. The fraction of sp³-hybridized carbons (Fsp3) is 1.00. The zero-order valence-electron chi connectivity index (χ0n) is 4.54. The maximum Gasteiger partial charge on any atom is 0.480 e. The van der Waals surface area contributed by atoms with Gasteiger partial charge in [-0.1, -0.05) is 0 Å². The van der Waals surface area contributed by atoms with E-state index in [4.69, 9.17) is 11.5 Å². The molecule has 9 heavy (non-hydrogen) atoms. The zero-order chi connectivity index (χ0) is 6.41. The van der Waals surface area contributed by atoms with E-state index in [1.807, 2.05) is 0 Å². The molecule has 4 N–H and O–H groups in total. The second-order valence-electron chi connectivity index (χ2n) is 0.815. The van der Waals surface area contributed by atoms with E-state index in [1.165, 1.54) is 0 Å². The summed E-state index contributed by atoms with van der Waals surface area (Å²) in [5.41, 5.74) is 9.55. The van der Waals surface area contributed by atoms with Gasteiger partial charge in [0.2, 0.25) is 13.5 Å². The van der Waals surface area contributed by atoms with Crippen LogP contribution in [-0.4, -0.2) is 18.5 Å². The first-order valence-corrected chi connectivity index (χ1v) is 1.94. The van der Waals surface area contributed by atoms with Crippen molar-refractivity contribution < 1.29 is 37.1 Å². The fourth-order valence-electron chi connectivity index (χ4n) is 0.159. The zero-order valence-corrected chi connectivity index (χ0v) is 6.02. The van der Waals surface area contributed by atoms with Crippen molar-refractivity contribution in [2.45, 2.75) is 0 Å². The molecule has 0 aromatic carbocycles. The third-order valence-electron chi connectivity index (χ3n) is 0.360. The molecule has 0 bridgehead atoms. The summed E-state index contributed by atoms with van der Waals surface area (Å²) in [4.78, 5) is 18.0. The number of nitrogens with zero attached hydrogens (tertiary/aromatic N) is 1. The Balaban J connectivity index is 0. The summed E-state index contributed by atoms with van der Waals surface area (Å²) in [6.45, 7) is -0.438. The SMILES string of the molecule is NCO[N+](=O)OCN.[Ag]. The van der Waals surface area contributed by atoms with E-state index < -0.39 is 0 Å². The van der Waals surface area contributed by atoms with E-state index in [-0.39, 0.29) is 40.9 Å². The van der Waals surface area contributed by atoms with Crippen molar-refractivity contribution in [3.63, 3.8) is 0 Å². The molecule has 0 aliphatic carbocycles. The minimum Gasteiger partial charge on any atom is -0.293 e. The Labute approximate surface area is 67.5 Å².